The summed E-state index contributed by atoms with van der Waals surface area (Å²) in [6.07, 6.45) is -3.84. The van der Waals surface area contributed by atoms with Gasteiger partial charge in [0.25, 0.3) is 0 Å². The molecule has 0 unspecified atom stereocenters. The second-order valence-corrected chi connectivity index (χ2v) is 8.47. The van der Waals surface area contributed by atoms with Crippen molar-refractivity contribution in [1.29, 1.82) is 0 Å². The van der Waals surface area contributed by atoms with Crippen molar-refractivity contribution in [1.82, 2.24) is 4.72 Å². The number of carbonyl (C=O) groups excluding carboxylic acids is 1. The molecule has 0 aromatic heterocycles. The van der Waals surface area contributed by atoms with Crippen molar-refractivity contribution in [3.63, 3.8) is 0 Å². The van der Waals surface area contributed by atoms with Crippen LogP contribution in [-0.4, -0.2) is 50.8 Å². The number of nitrogens with two attached hydrogens (primary N) is 1. The molecule has 1 aliphatic carbocycles. The molecule has 0 spiro atoms. The molecule has 0 saturated heterocycles. The van der Waals surface area contributed by atoms with Crippen molar-refractivity contribution in [2.24, 2.45) is 11.7 Å². The molecule has 28 heavy (non-hydrogen) atoms. The van der Waals surface area contributed by atoms with E-state index in [9.17, 15) is 31.5 Å². The maximum Gasteiger partial charge on any atom is 0.402 e. The van der Waals surface area contributed by atoms with E-state index in [1.54, 1.807) is 0 Å². The lowest BCUT2D eigenvalue weighted by Gasteiger charge is -2.17. The van der Waals surface area contributed by atoms with E-state index in [4.69, 9.17) is 5.73 Å². The van der Waals surface area contributed by atoms with Gasteiger partial charge in [0.05, 0.1) is 17.8 Å². The van der Waals surface area contributed by atoms with Crippen molar-refractivity contribution in [2.45, 2.75) is 43.0 Å². The molecule has 8 nitrogen and oxygen atoms in total. The first-order valence-electron chi connectivity index (χ1n) is 8.58. The number of sulfonamides is 1. The van der Waals surface area contributed by atoms with Gasteiger partial charge in [-0.2, -0.15) is 13.2 Å². The molecule has 158 valence electrons. The van der Waals surface area contributed by atoms with Crippen LogP contribution in [-0.2, 0) is 14.8 Å². The number of anilines is 2. The topological polar surface area (TPSA) is 134 Å². The molecule has 0 radical (unpaired) electrons. The molecule has 1 amide bonds. The summed E-state index contributed by atoms with van der Waals surface area (Å²) in [5, 5.41) is 14.6. The molecule has 2 atom stereocenters. The Morgan fingerprint density at radius 3 is 2.54 bits per heavy atom. The highest BCUT2D eigenvalue weighted by Gasteiger charge is 2.34. The van der Waals surface area contributed by atoms with Gasteiger partial charge in [0.2, 0.25) is 15.9 Å². The number of carbonyl (C=O) groups is 1. The first-order valence-corrected chi connectivity index (χ1v) is 10.1. The zero-order chi connectivity index (χ0) is 21.1. The maximum atomic E-state index is 12.4. The summed E-state index contributed by atoms with van der Waals surface area (Å²) in [5.41, 5.74) is 5.98. The Hall–Kier alpha value is -1.89. The molecular formula is C16H23F3N4O4S. The van der Waals surface area contributed by atoms with Crippen LogP contribution in [0.5, 0.6) is 0 Å². The van der Waals surface area contributed by atoms with E-state index in [1.807, 2.05) is 0 Å². The number of benzene rings is 1. The molecule has 1 fully saturated rings. The van der Waals surface area contributed by atoms with Crippen molar-refractivity contribution < 1.29 is 31.5 Å². The maximum absolute atomic E-state index is 12.4. The Balaban J connectivity index is 2.24. The van der Waals surface area contributed by atoms with E-state index in [0.717, 1.165) is 18.9 Å². The molecule has 12 heteroatoms. The van der Waals surface area contributed by atoms with Crippen LogP contribution in [0.1, 0.15) is 19.8 Å². The van der Waals surface area contributed by atoms with Gasteiger partial charge in [-0.3, -0.25) is 4.79 Å². The summed E-state index contributed by atoms with van der Waals surface area (Å²) in [7, 11) is -4.49. The Labute approximate surface area is 160 Å². The normalized spacial score (nSPS) is 17.1. The Morgan fingerprint density at radius 1 is 1.36 bits per heavy atom. The number of hydrogen-bond acceptors (Lipinski definition) is 6. The first kappa shape index (κ1) is 22.4. The highest BCUT2D eigenvalue weighted by Crippen LogP contribution is 2.32. The number of aliphatic hydroxyl groups excluding tert-OH is 1. The third-order valence-corrected chi connectivity index (χ3v) is 5.48. The predicted molar refractivity (Wildman–Crippen MR) is 97.2 cm³/mol. The van der Waals surface area contributed by atoms with Gasteiger partial charge in [-0.05, 0) is 43.9 Å². The Morgan fingerprint density at radius 2 is 2.00 bits per heavy atom. The largest absolute Gasteiger partial charge is 0.402 e. The van der Waals surface area contributed by atoms with Crippen molar-refractivity contribution in [2.75, 3.05) is 23.7 Å². The van der Waals surface area contributed by atoms with Crippen molar-refractivity contribution >= 4 is 27.3 Å². The first-order chi connectivity index (χ1) is 12.9. The number of amides is 1. The lowest BCUT2D eigenvalue weighted by molar-refractivity contribution is -0.121. The fraction of sp³-hybridized carbons (Fsp3) is 0.562. The summed E-state index contributed by atoms with van der Waals surface area (Å²) in [6.45, 7) is -0.329. The molecule has 1 aromatic carbocycles. The van der Waals surface area contributed by atoms with E-state index in [-0.39, 0.29) is 23.8 Å². The summed E-state index contributed by atoms with van der Waals surface area (Å²) < 4.78 is 63.1. The van der Waals surface area contributed by atoms with Crippen LogP contribution in [0.25, 0.3) is 0 Å². The van der Waals surface area contributed by atoms with Crippen molar-refractivity contribution in [3.8, 4) is 0 Å². The number of aliphatic hydroxyl groups is 1. The predicted octanol–water partition coefficient (Wildman–Crippen LogP) is 0.996. The average molecular weight is 424 g/mol. The average Bonchev–Trinajstić information content (AvgIpc) is 3.42. The summed E-state index contributed by atoms with van der Waals surface area (Å²) in [4.78, 5) is 11.7. The number of rotatable bonds is 9. The third-order valence-electron chi connectivity index (χ3n) is 4.02. The minimum absolute atomic E-state index is 0.0548. The van der Waals surface area contributed by atoms with E-state index < -0.39 is 45.7 Å². The standard InChI is InChI=1S/C16H23F3N4O4S/c1-9(24)7-21-12-6-11(23-15(25)14(20)10-2-3-10)4-5-13(12)28(26,27)22-8-16(17,18)19/h4-6,9-10,14,21-22,24H,2-3,7-8,20H2,1H3,(H,23,25)/t9-,14-/m0/s1. The van der Waals surface area contributed by atoms with E-state index >= 15 is 0 Å². The van der Waals surface area contributed by atoms with Gasteiger partial charge in [0, 0.05) is 12.2 Å². The van der Waals surface area contributed by atoms with E-state index in [2.05, 4.69) is 10.6 Å². The molecular weight excluding hydrogens is 401 g/mol. The highest BCUT2D eigenvalue weighted by molar-refractivity contribution is 7.89. The van der Waals surface area contributed by atoms with Crippen LogP contribution in [0.4, 0.5) is 24.5 Å². The van der Waals surface area contributed by atoms with Gasteiger partial charge in [-0.1, -0.05) is 0 Å². The molecule has 1 saturated carbocycles. The van der Waals surface area contributed by atoms with Crippen LogP contribution in [0, 0.1) is 5.92 Å². The van der Waals surface area contributed by atoms with Gasteiger partial charge < -0.3 is 21.5 Å². The van der Waals surface area contributed by atoms with Crippen molar-refractivity contribution in [3.05, 3.63) is 18.2 Å². The van der Waals surface area contributed by atoms with Crippen LogP contribution < -0.4 is 21.1 Å². The third kappa shape index (κ3) is 6.62. The minimum Gasteiger partial charge on any atom is -0.392 e. The Kier molecular flexibility index (Phi) is 6.91. The minimum atomic E-state index is -4.72. The van der Waals surface area contributed by atoms with Crippen LogP contribution >= 0.6 is 0 Å². The Bertz CT molecular complexity index is 811. The fourth-order valence-electron chi connectivity index (χ4n) is 2.39. The molecule has 0 aliphatic heterocycles. The van der Waals surface area contributed by atoms with E-state index in [1.165, 1.54) is 23.8 Å². The SMILES string of the molecule is C[C@H](O)CNc1cc(NC(=O)[C@@H](N)C2CC2)ccc1S(=O)(=O)NCC(F)(F)F. The molecule has 2 rings (SSSR count). The zero-order valence-electron chi connectivity index (χ0n) is 15.1. The number of alkyl halides is 3. The van der Waals surface area contributed by atoms with Gasteiger partial charge in [-0.25, -0.2) is 13.1 Å². The van der Waals surface area contributed by atoms with E-state index in [0.29, 0.717) is 0 Å². The quantitative estimate of drug-likeness (QED) is 0.402. The molecule has 6 N–H and O–H groups in total. The van der Waals surface area contributed by atoms with Gasteiger partial charge >= 0.3 is 6.18 Å². The fourth-order valence-corrected chi connectivity index (χ4v) is 3.56. The lowest BCUT2D eigenvalue weighted by Crippen LogP contribution is -2.37. The number of nitrogens with one attached hydrogen (secondary N) is 3. The summed E-state index contributed by atoms with van der Waals surface area (Å²) in [5.74, 6) is -0.325. The van der Waals surface area contributed by atoms with Crippen LogP contribution in [0.15, 0.2) is 23.1 Å². The number of halogens is 3. The second-order valence-electron chi connectivity index (χ2n) is 6.73. The van der Waals surface area contributed by atoms with Crippen LogP contribution in [0.3, 0.4) is 0 Å². The zero-order valence-corrected chi connectivity index (χ0v) is 15.9. The smallest absolute Gasteiger partial charge is 0.392 e. The second kappa shape index (κ2) is 8.64. The number of hydrogen-bond donors (Lipinski definition) is 5. The van der Waals surface area contributed by atoms with Gasteiger partial charge in [0.1, 0.15) is 11.4 Å². The summed E-state index contributed by atoms with van der Waals surface area (Å²) in [6, 6.07) is 2.90. The van der Waals surface area contributed by atoms with Gasteiger partial charge in [-0.15, -0.1) is 0 Å². The van der Waals surface area contributed by atoms with Gasteiger partial charge in [0.15, 0.2) is 0 Å². The molecule has 1 aromatic rings. The monoisotopic (exact) mass is 424 g/mol. The van der Waals surface area contributed by atoms with Crippen LogP contribution in [0.2, 0.25) is 0 Å². The molecule has 0 bridgehead atoms. The summed E-state index contributed by atoms with van der Waals surface area (Å²) >= 11 is 0. The molecule has 1 aliphatic rings. The highest BCUT2D eigenvalue weighted by atomic mass is 32.2. The molecule has 0 heterocycles. The lowest BCUT2D eigenvalue weighted by atomic mass is 10.2.